The fraction of sp³-hybridized carbons (Fsp3) is 0.818. The van der Waals surface area contributed by atoms with Crippen LogP contribution in [0.1, 0.15) is 26.2 Å². The Morgan fingerprint density at radius 2 is 1.89 bits per heavy atom. The SMILES string of the molecule is CCS(=O)(=O)N1CCC(C(=O)NCCC(=O)O)CC1. The number of aliphatic carboxylic acids is 1. The molecule has 0 spiro atoms. The van der Waals surface area contributed by atoms with E-state index in [1.54, 1.807) is 6.92 Å². The maximum Gasteiger partial charge on any atom is 0.305 e. The van der Waals surface area contributed by atoms with E-state index in [1.165, 1.54) is 4.31 Å². The molecule has 110 valence electrons. The smallest absolute Gasteiger partial charge is 0.305 e. The maximum atomic E-state index is 11.7. The Labute approximate surface area is 113 Å². The fourth-order valence-corrected chi connectivity index (χ4v) is 3.15. The van der Waals surface area contributed by atoms with E-state index in [-0.39, 0.29) is 30.5 Å². The van der Waals surface area contributed by atoms with Crippen molar-refractivity contribution < 1.29 is 23.1 Å². The number of nitrogens with one attached hydrogen (secondary N) is 1. The second-order valence-corrected chi connectivity index (χ2v) is 6.77. The number of piperidine rings is 1. The zero-order valence-electron chi connectivity index (χ0n) is 11.0. The van der Waals surface area contributed by atoms with Gasteiger partial charge in [-0.3, -0.25) is 9.59 Å². The molecule has 0 atom stereocenters. The molecule has 0 unspecified atom stereocenters. The monoisotopic (exact) mass is 292 g/mol. The molecule has 19 heavy (non-hydrogen) atoms. The largest absolute Gasteiger partial charge is 0.481 e. The summed E-state index contributed by atoms with van der Waals surface area (Å²) in [6, 6.07) is 0. The Bertz CT molecular complexity index is 426. The highest BCUT2D eigenvalue weighted by Gasteiger charge is 2.29. The summed E-state index contributed by atoms with van der Waals surface area (Å²) in [5.41, 5.74) is 0. The zero-order valence-corrected chi connectivity index (χ0v) is 11.8. The minimum absolute atomic E-state index is 0.0719. The molecule has 0 aromatic carbocycles. The van der Waals surface area contributed by atoms with Crippen molar-refractivity contribution in [1.29, 1.82) is 0 Å². The second kappa shape index (κ2) is 6.85. The molecule has 1 fully saturated rings. The minimum Gasteiger partial charge on any atom is -0.481 e. The van der Waals surface area contributed by atoms with Gasteiger partial charge in [-0.1, -0.05) is 0 Å². The first-order chi connectivity index (χ1) is 8.86. The summed E-state index contributed by atoms with van der Waals surface area (Å²) in [4.78, 5) is 22.1. The summed E-state index contributed by atoms with van der Waals surface area (Å²) in [7, 11) is -3.17. The van der Waals surface area contributed by atoms with E-state index >= 15 is 0 Å². The van der Waals surface area contributed by atoms with Crippen molar-refractivity contribution in [2.45, 2.75) is 26.2 Å². The van der Waals surface area contributed by atoms with Gasteiger partial charge in [0, 0.05) is 25.6 Å². The molecule has 7 nitrogen and oxygen atoms in total. The average molecular weight is 292 g/mol. The topological polar surface area (TPSA) is 104 Å². The summed E-state index contributed by atoms with van der Waals surface area (Å²) in [6.45, 7) is 2.42. The van der Waals surface area contributed by atoms with Gasteiger partial charge in [0.05, 0.1) is 12.2 Å². The molecule has 1 rings (SSSR count). The van der Waals surface area contributed by atoms with Crippen molar-refractivity contribution in [3.05, 3.63) is 0 Å². The number of rotatable bonds is 6. The number of carbonyl (C=O) groups is 2. The molecule has 1 heterocycles. The highest BCUT2D eigenvalue weighted by molar-refractivity contribution is 7.89. The molecule has 1 amide bonds. The van der Waals surface area contributed by atoms with Crippen molar-refractivity contribution in [2.75, 3.05) is 25.4 Å². The molecule has 0 bridgehead atoms. The Balaban J connectivity index is 2.37. The lowest BCUT2D eigenvalue weighted by atomic mass is 9.97. The van der Waals surface area contributed by atoms with E-state index in [1.807, 2.05) is 0 Å². The second-order valence-electron chi connectivity index (χ2n) is 4.51. The van der Waals surface area contributed by atoms with Gasteiger partial charge in [0.1, 0.15) is 0 Å². The van der Waals surface area contributed by atoms with E-state index in [0.29, 0.717) is 25.9 Å². The summed E-state index contributed by atoms with van der Waals surface area (Å²) >= 11 is 0. The van der Waals surface area contributed by atoms with Crippen molar-refractivity contribution in [1.82, 2.24) is 9.62 Å². The van der Waals surface area contributed by atoms with E-state index in [4.69, 9.17) is 5.11 Å². The predicted molar refractivity (Wildman–Crippen MR) is 69.0 cm³/mol. The first-order valence-corrected chi connectivity index (χ1v) is 7.95. The van der Waals surface area contributed by atoms with Gasteiger partial charge >= 0.3 is 5.97 Å². The van der Waals surface area contributed by atoms with Crippen LogP contribution in [0.4, 0.5) is 0 Å². The lowest BCUT2D eigenvalue weighted by Crippen LogP contribution is -2.43. The molecule has 2 N–H and O–H groups in total. The number of hydrogen-bond acceptors (Lipinski definition) is 4. The van der Waals surface area contributed by atoms with Crippen LogP contribution in [0.2, 0.25) is 0 Å². The molecule has 1 aliphatic rings. The van der Waals surface area contributed by atoms with Gasteiger partial charge in [-0.15, -0.1) is 0 Å². The van der Waals surface area contributed by atoms with E-state index < -0.39 is 16.0 Å². The van der Waals surface area contributed by atoms with Gasteiger partial charge in [0.2, 0.25) is 15.9 Å². The maximum absolute atomic E-state index is 11.7. The molecule has 8 heteroatoms. The molecule has 0 aromatic rings. The lowest BCUT2D eigenvalue weighted by Gasteiger charge is -2.30. The lowest BCUT2D eigenvalue weighted by molar-refractivity contribution is -0.137. The first kappa shape index (κ1) is 15.9. The number of hydrogen-bond donors (Lipinski definition) is 2. The van der Waals surface area contributed by atoms with E-state index in [2.05, 4.69) is 5.32 Å². The number of carbonyl (C=O) groups excluding carboxylic acids is 1. The van der Waals surface area contributed by atoms with Gasteiger partial charge in [0.25, 0.3) is 0 Å². The number of carboxylic acid groups (broad SMARTS) is 1. The van der Waals surface area contributed by atoms with Crippen LogP contribution >= 0.6 is 0 Å². The third-order valence-electron chi connectivity index (χ3n) is 3.22. The van der Waals surface area contributed by atoms with Gasteiger partial charge < -0.3 is 10.4 Å². The van der Waals surface area contributed by atoms with Crippen molar-refractivity contribution in [2.24, 2.45) is 5.92 Å². The minimum atomic E-state index is -3.17. The van der Waals surface area contributed by atoms with Crippen LogP contribution in [0.3, 0.4) is 0 Å². The summed E-state index contributed by atoms with van der Waals surface area (Å²) < 4.78 is 24.7. The molecule has 1 aliphatic heterocycles. The van der Waals surface area contributed by atoms with Gasteiger partial charge in [-0.2, -0.15) is 0 Å². The van der Waals surface area contributed by atoms with Crippen LogP contribution in [0.25, 0.3) is 0 Å². The van der Waals surface area contributed by atoms with Crippen molar-refractivity contribution in [3.8, 4) is 0 Å². The predicted octanol–water partition coefficient (Wildman–Crippen LogP) is -0.361. The molecular weight excluding hydrogens is 272 g/mol. The molecule has 0 saturated carbocycles. The van der Waals surface area contributed by atoms with Gasteiger partial charge in [-0.25, -0.2) is 12.7 Å². The fourth-order valence-electron chi connectivity index (χ4n) is 2.02. The average Bonchev–Trinajstić information content (AvgIpc) is 2.38. The number of sulfonamides is 1. The van der Waals surface area contributed by atoms with E-state index in [0.717, 1.165) is 0 Å². The van der Waals surface area contributed by atoms with E-state index in [9.17, 15) is 18.0 Å². The first-order valence-electron chi connectivity index (χ1n) is 6.34. The van der Waals surface area contributed by atoms with Gasteiger partial charge in [-0.05, 0) is 19.8 Å². The number of amides is 1. The van der Waals surface area contributed by atoms with Crippen LogP contribution in [-0.4, -0.2) is 55.1 Å². The van der Waals surface area contributed by atoms with Crippen LogP contribution in [-0.2, 0) is 19.6 Å². The molecule has 0 aliphatic carbocycles. The quantitative estimate of drug-likeness (QED) is 0.695. The molecule has 1 saturated heterocycles. The highest BCUT2D eigenvalue weighted by atomic mass is 32.2. The van der Waals surface area contributed by atoms with Crippen LogP contribution in [0.15, 0.2) is 0 Å². The Morgan fingerprint density at radius 1 is 1.32 bits per heavy atom. The highest BCUT2D eigenvalue weighted by Crippen LogP contribution is 2.19. The number of nitrogens with zero attached hydrogens (tertiary/aromatic N) is 1. The normalized spacial score (nSPS) is 18.2. The van der Waals surface area contributed by atoms with Crippen LogP contribution in [0, 0.1) is 5.92 Å². The Morgan fingerprint density at radius 3 is 2.37 bits per heavy atom. The van der Waals surface area contributed by atoms with Crippen LogP contribution < -0.4 is 5.32 Å². The Kier molecular flexibility index (Phi) is 5.74. The number of carboxylic acids is 1. The van der Waals surface area contributed by atoms with Crippen molar-refractivity contribution in [3.63, 3.8) is 0 Å². The molecule has 0 radical (unpaired) electrons. The third kappa shape index (κ3) is 4.79. The summed E-state index contributed by atoms with van der Waals surface area (Å²) in [6.07, 6.45) is 0.866. The van der Waals surface area contributed by atoms with Crippen molar-refractivity contribution >= 4 is 21.9 Å². The molecule has 0 aromatic heterocycles. The Hall–Kier alpha value is -1.15. The third-order valence-corrected chi connectivity index (χ3v) is 5.10. The zero-order chi connectivity index (χ0) is 14.5. The van der Waals surface area contributed by atoms with Crippen LogP contribution in [0.5, 0.6) is 0 Å². The summed E-state index contributed by atoms with van der Waals surface area (Å²) in [5.74, 6) is -1.29. The molecular formula is C11H20N2O5S. The standard InChI is InChI=1S/C11H20N2O5S/c1-2-19(17,18)13-7-4-9(5-8-13)11(16)12-6-3-10(14)15/h9H,2-8H2,1H3,(H,12,16)(H,14,15). The van der Waals surface area contributed by atoms with Gasteiger partial charge in [0.15, 0.2) is 0 Å². The summed E-state index contributed by atoms with van der Waals surface area (Å²) in [5, 5.41) is 11.0.